The summed E-state index contributed by atoms with van der Waals surface area (Å²) in [7, 11) is -2.59. The molecule has 0 atom stereocenters. The fourth-order valence-electron chi connectivity index (χ4n) is 4.43. The smallest absolute Gasteiger partial charge is 0.227 e. The van der Waals surface area contributed by atoms with Gasteiger partial charge in [-0.05, 0) is 57.0 Å². The Morgan fingerprint density at radius 2 is 1.81 bits per heavy atom. The van der Waals surface area contributed by atoms with Gasteiger partial charge in [-0.1, -0.05) is 18.0 Å². The maximum absolute atomic E-state index is 13.2. The first-order valence-electron chi connectivity index (χ1n) is 10.6. The topological polar surface area (TPSA) is 102 Å². The number of hydrogen-bond acceptors (Lipinski definition) is 8. The van der Waals surface area contributed by atoms with E-state index in [0.29, 0.717) is 12.0 Å². The lowest BCUT2D eigenvalue weighted by Crippen LogP contribution is -2.47. The summed E-state index contributed by atoms with van der Waals surface area (Å²) in [4.78, 5) is 13.1. The molecular weight excluding hydrogens is 438 g/mol. The number of nitrogens with two attached hydrogens (primary N) is 1. The molecule has 1 aromatic heterocycles. The Hall–Kier alpha value is -2.10. The zero-order chi connectivity index (χ0) is 22.0. The Morgan fingerprint density at radius 1 is 1.10 bits per heavy atom. The van der Waals surface area contributed by atoms with E-state index in [4.69, 9.17) is 22.1 Å². The number of piperidine rings is 2. The minimum absolute atomic E-state index is 0.0621. The molecule has 0 spiro atoms. The second-order valence-electron chi connectivity index (χ2n) is 8.03. The Bertz CT molecular complexity index is 1040. The number of ether oxygens (including phenoxy) is 1. The molecule has 10 heteroatoms. The van der Waals surface area contributed by atoms with Crippen molar-refractivity contribution < 1.29 is 13.2 Å². The lowest BCUT2D eigenvalue weighted by Gasteiger charge is -2.40. The molecule has 1 aromatic carbocycles. The van der Waals surface area contributed by atoms with Gasteiger partial charge in [0.05, 0.1) is 13.3 Å². The summed E-state index contributed by atoms with van der Waals surface area (Å²) in [6.07, 6.45) is 7.27. The van der Waals surface area contributed by atoms with Crippen molar-refractivity contribution >= 4 is 33.2 Å². The normalized spacial score (nSPS) is 18.8. The van der Waals surface area contributed by atoms with Crippen LogP contribution in [0.3, 0.4) is 0 Å². The summed E-state index contributed by atoms with van der Waals surface area (Å²) in [5.74, 6) is 0.574. The Kier molecular flexibility index (Phi) is 6.55. The van der Waals surface area contributed by atoms with Crippen LogP contribution in [0.25, 0.3) is 0 Å². The molecule has 0 amide bonds. The van der Waals surface area contributed by atoms with Gasteiger partial charge < -0.3 is 20.3 Å². The van der Waals surface area contributed by atoms with Crippen molar-refractivity contribution in [3.05, 3.63) is 29.4 Å². The number of halogens is 1. The van der Waals surface area contributed by atoms with Gasteiger partial charge in [0.25, 0.3) is 0 Å². The van der Waals surface area contributed by atoms with Crippen LogP contribution in [-0.2, 0) is 9.84 Å². The summed E-state index contributed by atoms with van der Waals surface area (Å²) in [5, 5.41) is 0.284. The molecule has 4 rings (SSSR count). The van der Waals surface area contributed by atoms with Gasteiger partial charge in [-0.2, -0.15) is 4.98 Å². The van der Waals surface area contributed by atoms with E-state index in [2.05, 4.69) is 19.8 Å². The molecule has 3 heterocycles. The zero-order valence-electron chi connectivity index (χ0n) is 17.6. The number of sulfone groups is 1. The minimum Gasteiger partial charge on any atom is -0.495 e. The predicted molar refractivity (Wildman–Crippen MR) is 121 cm³/mol. The largest absolute Gasteiger partial charge is 0.495 e. The highest BCUT2D eigenvalue weighted by molar-refractivity contribution is 7.91. The van der Waals surface area contributed by atoms with E-state index >= 15 is 0 Å². The number of rotatable bonds is 5. The van der Waals surface area contributed by atoms with Gasteiger partial charge in [0.2, 0.25) is 15.8 Å². The Labute approximate surface area is 188 Å². The summed E-state index contributed by atoms with van der Waals surface area (Å²) >= 11 is 6.01. The van der Waals surface area contributed by atoms with Crippen molar-refractivity contribution in [3.8, 4) is 5.75 Å². The van der Waals surface area contributed by atoms with Crippen molar-refractivity contribution in [3.63, 3.8) is 0 Å². The highest BCUT2D eigenvalue weighted by Crippen LogP contribution is 2.34. The third kappa shape index (κ3) is 4.58. The third-order valence-electron chi connectivity index (χ3n) is 6.13. The second kappa shape index (κ2) is 9.18. The summed E-state index contributed by atoms with van der Waals surface area (Å²) in [6, 6.07) is 5.01. The van der Waals surface area contributed by atoms with Gasteiger partial charge in [-0.15, -0.1) is 0 Å². The van der Waals surface area contributed by atoms with Gasteiger partial charge >= 0.3 is 0 Å². The number of nitrogens with zero attached hydrogens (tertiary/aromatic N) is 4. The van der Waals surface area contributed by atoms with Crippen molar-refractivity contribution in [2.45, 2.75) is 47.9 Å². The number of likely N-dealkylation sites (tertiary alicyclic amines) is 1. The van der Waals surface area contributed by atoms with Gasteiger partial charge in [0, 0.05) is 24.2 Å². The molecule has 2 aliphatic heterocycles. The molecule has 0 radical (unpaired) electrons. The molecular formula is C21H28ClN5O3S. The average Bonchev–Trinajstić information content (AvgIpc) is 2.79. The van der Waals surface area contributed by atoms with Crippen molar-refractivity contribution in [2.24, 2.45) is 0 Å². The molecule has 2 saturated heterocycles. The van der Waals surface area contributed by atoms with Crippen LogP contribution >= 0.6 is 11.6 Å². The van der Waals surface area contributed by atoms with Crippen LogP contribution in [-0.4, -0.2) is 62.6 Å². The summed E-state index contributed by atoms with van der Waals surface area (Å²) in [6.45, 7) is 4.03. The molecule has 168 valence electrons. The molecule has 2 aromatic rings. The summed E-state index contributed by atoms with van der Waals surface area (Å²) < 4.78 is 31.5. The second-order valence-corrected chi connectivity index (χ2v) is 10.4. The van der Waals surface area contributed by atoms with Crippen molar-refractivity contribution in [1.29, 1.82) is 0 Å². The van der Waals surface area contributed by atoms with Gasteiger partial charge in [0.1, 0.15) is 21.4 Å². The molecule has 0 unspecified atom stereocenters. The highest BCUT2D eigenvalue weighted by Gasteiger charge is 2.29. The number of benzene rings is 1. The highest BCUT2D eigenvalue weighted by atomic mass is 35.5. The van der Waals surface area contributed by atoms with Crippen LogP contribution in [0, 0.1) is 0 Å². The lowest BCUT2D eigenvalue weighted by molar-refractivity contribution is 0.141. The van der Waals surface area contributed by atoms with E-state index < -0.39 is 9.84 Å². The average molecular weight is 466 g/mol. The van der Waals surface area contributed by atoms with Gasteiger partial charge in [-0.3, -0.25) is 0 Å². The van der Waals surface area contributed by atoms with E-state index in [-0.39, 0.29) is 26.4 Å². The fourth-order valence-corrected chi connectivity index (χ4v) is 6.11. The quantitative estimate of drug-likeness (QED) is 0.718. The van der Waals surface area contributed by atoms with E-state index in [1.54, 1.807) is 6.07 Å². The molecule has 2 aliphatic rings. The van der Waals surface area contributed by atoms with Gasteiger partial charge in [-0.25, -0.2) is 13.4 Å². The Balaban J connectivity index is 1.52. The molecule has 8 nitrogen and oxygen atoms in total. The van der Waals surface area contributed by atoms with E-state index in [1.807, 2.05) is 0 Å². The molecule has 0 bridgehead atoms. The first kappa shape index (κ1) is 22.1. The minimum atomic E-state index is -3.99. The van der Waals surface area contributed by atoms with Crippen molar-refractivity contribution in [2.75, 3.05) is 43.9 Å². The summed E-state index contributed by atoms with van der Waals surface area (Å²) in [5.41, 5.74) is 6.09. The van der Waals surface area contributed by atoms with Crippen LogP contribution in [0.2, 0.25) is 5.02 Å². The van der Waals surface area contributed by atoms with Crippen LogP contribution in [0.15, 0.2) is 34.2 Å². The SMILES string of the molecule is COc1ccc(Cl)cc1S(=O)(=O)c1cnc(N2CCC(N3CCCCC3)CC2)nc1N. The molecule has 0 aliphatic carbocycles. The number of nitrogen functional groups attached to an aromatic ring is 1. The van der Waals surface area contributed by atoms with E-state index in [1.165, 1.54) is 57.8 Å². The maximum atomic E-state index is 13.2. The first-order valence-corrected chi connectivity index (χ1v) is 12.5. The van der Waals surface area contributed by atoms with Crippen LogP contribution in [0.5, 0.6) is 5.75 Å². The number of aromatic nitrogens is 2. The Morgan fingerprint density at radius 3 is 2.45 bits per heavy atom. The third-order valence-corrected chi connectivity index (χ3v) is 8.16. The molecule has 2 fully saturated rings. The van der Waals surface area contributed by atoms with Crippen LogP contribution < -0.4 is 15.4 Å². The fraction of sp³-hybridized carbons (Fsp3) is 0.524. The van der Waals surface area contributed by atoms with Crippen LogP contribution in [0.4, 0.5) is 11.8 Å². The number of anilines is 2. The number of methoxy groups -OCH3 is 1. The number of hydrogen-bond donors (Lipinski definition) is 1. The molecule has 0 saturated carbocycles. The van der Waals surface area contributed by atoms with Crippen molar-refractivity contribution in [1.82, 2.24) is 14.9 Å². The van der Waals surface area contributed by atoms with Gasteiger partial charge in [0.15, 0.2) is 0 Å². The maximum Gasteiger partial charge on any atom is 0.227 e. The first-order chi connectivity index (χ1) is 14.9. The lowest BCUT2D eigenvalue weighted by atomic mass is 10.0. The molecule has 2 N–H and O–H groups in total. The van der Waals surface area contributed by atoms with Crippen LogP contribution in [0.1, 0.15) is 32.1 Å². The van der Waals surface area contributed by atoms with E-state index in [0.717, 1.165) is 25.9 Å². The monoisotopic (exact) mass is 465 g/mol. The standard InChI is InChI=1S/C21H28ClN5O3S/c1-30-17-6-5-15(22)13-18(17)31(28,29)19-14-24-21(25-20(19)23)27-11-7-16(8-12-27)26-9-3-2-4-10-26/h5-6,13-14,16H,2-4,7-12H2,1H3,(H2,23,24,25). The predicted octanol–water partition coefficient (Wildman–Crippen LogP) is 3.01. The van der Waals surface area contributed by atoms with E-state index in [9.17, 15) is 8.42 Å². The molecule has 31 heavy (non-hydrogen) atoms. The zero-order valence-corrected chi connectivity index (χ0v) is 19.2.